The Morgan fingerprint density at radius 2 is 0.695 bits per heavy atom. The van der Waals surface area contributed by atoms with Gasteiger partial charge >= 0.3 is 0 Å². The van der Waals surface area contributed by atoms with Gasteiger partial charge in [-0.2, -0.15) is 0 Å². The fourth-order valence-corrected chi connectivity index (χ4v) is 12.9. The van der Waals surface area contributed by atoms with Crippen LogP contribution in [0.4, 0.5) is 0 Å². The van der Waals surface area contributed by atoms with E-state index in [9.17, 15) is 61.0 Å². The van der Waals surface area contributed by atoms with Gasteiger partial charge in [-0.1, -0.05) is 281 Å². The van der Waals surface area contributed by atoms with E-state index in [2.05, 4.69) is 55.6 Å². The Morgan fingerprint density at radius 3 is 1.11 bits per heavy atom. The number of hydrogen-bond acceptors (Lipinski definition) is 18. The average molecular weight is 1350 g/mol. The quantitative estimate of drug-likeness (QED) is 0.0199. The highest BCUT2D eigenvalue weighted by molar-refractivity contribution is 5.76. The van der Waals surface area contributed by atoms with Gasteiger partial charge in [0.1, 0.15) is 73.2 Å². The zero-order valence-electron chi connectivity index (χ0n) is 59.2. The predicted molar refractivity (Wildman–Crippen MR) is 374 cm³/mol. The number of carbonyl (C=O) groups is 1. The maximum absolute atomic E-state index is 13.4. The molecule has 0 aromatic rings. The van der Waals surface area contributed by atoms with E-state index in [1.54, 1.807) is 6.08 Å². The van der Waals surface area contributed by atoms with Crippen LogP contribution in [0.15, 0.2) is 48.6 Å². The summed E-state index contributed by atoms with van der Waals surface area (Å²) in [6, 6.07) is -0.983. The van der Waals surface area contributed by atoms with E-state index in [0.29, 0.717) is 6.42 Å². The standard InChI is InChI=1S/C76H139NO18/c1-3-5-7-9-11-13-15-17-19-21-23-24-25-26-27-28-29-30-31-32-33-34-36-37-39-41-43-45-47-49-51-53-60(81)59(77-64(82)54-52-50-48-46-44-42-40-38-35-22-20-18-16-14-12-10-8-6-4-2)58-90-74-70(88)67(85)72(62(56-79)92-74)95-76-71(89)68(86)73(63(57-80)93-76)94-75-69(87)66(84)65(83)61(55-78)91-75/h12,14,18,20,35,38,51,53,59-63,65-76,78-81,83-89H,3-11,13,15-17,19,21-34,36-37,39-50,52,54-58H2,1-2H3,(H,77,82)/b14-12-,20-18-,38-35-,53-51+. The van der Waals surface area contributed by atoms with E-state index < -0.39 is 124 Å². The van der Waals surface area contributed by atoms with Crippen LogP contribution >= 0.6 is 0 Å². The molecule has 556 valence electrons. The first-order chi connectivity index (χ1) is 46.3. The molecule has 19 nitrogen and oxygen atoms in total. The fraction of sp³-hybridized carbons (Fsp3) is 0.882. The molecule has 0 saturated carbocycles. The molecule has 95 heavy (non-hydrogen) atoms. The van der Waals surface area contributed by atoms with Gasteiger partial charge in [-0.25, -0.2) is 0 Å². The van der Waals surface area contributed by atoms with E-state index in [1.807, 2.05) is 6.08 Å². The van der Waals surface area contributed by atoms with Crippen LogP contribution in [-0.4, -0.2) is 193 Å². The number of allylic oxidation sites excluding steroid dienone is 7. The smallest absolute Gasteiger partial charge is 0.220 e. The van der Waals surface area contributed by atoms with Crippen molar-refractivity contribution in [2.45, 2.75) is 401 Å². The second-order valence-electron chi connectivity index (χ2n) is 27.5. The molecule has 17 unspecified atom stereocenters. The molecule has 17 atom stereocenters. The van der Waals surface area contributed by atoms with Gasteiger partial charge < -0.3 is 89.9 Å². The first-order valence-electron chi connectivity index (χ1n) is 38.4. The number of nitrogens with one attached hydrogen (secondary N) is 1. The summed E-state index contributed by atoms with van der Waals surface area (Å²) in [7, 11) is 0. The van der Waals surface area contributed by atoms with Gasteiger partial charge in [0.25, 0.3) is 0 Å². The van der Waals surface area contributed by atoms with E-state index >= 15 is 0 Å². The summed E-state index contributed by atoms with van der Waals surface area (Å²) in [4.78, 5) is 13.4. The molecule has 3 aliphatic rings. The summed E-state index contributed by atoms with van der Waals surface area (Å²) in [5.41, 5.74) is 0. The third kappa shape index (κ3) is 38.4. The average Bonchev–Trinajstić information content (AvgIpc) is 0.787. The molecular formula is C76H139NO18. The number of carbonyl (C=O) groups excluding carboxylic acids is 1. The van der Waals surface area contributed by atoms with Gasteiger partial charge in [0.05, 0.1) is 38.6 Å². The number of aliphatic hydroxyl groups is 11. The second-order valence-corrected chi connectivity index (χ2v) is 27.5. The Balaban J connectivity index is 1.39. The van der Waals surface area contributed by atoms with E-state index in [4.69, 9.17) is 28.4 Å². The van der Waals surface area contributed by atoms with Crippen LogP contribution in [0.1, 0.15) is 296 Å². The minimum Gasteiger partial charge on any atom is -0.394 e. The van der Waals surface area contributed by atoms with Crippen LogP contribution in [0.2, 0.25) is 0 Å². The summed E-state index contributed by atoms with van der Waals surface area (Å²) in [5.74, 6) is -0.286. The molecule has 3 heterocycles. The van der Waals surface area contributed by atoms with Gasteiger partial charge in [0.2, 0.25) is 5.91 Å². The molecule has 3 rings (SSSR count). The van der Waals surface area contributed by atoms with Crippen molar-refractivity contribution in [2.24, 2.45) is 0 Å². The molecule has 0 bridgehead atoms. The summed E-state index contributed by atoms with van der Waals surface area (Å²) >= 11 is 0. The number of unbranched alkanes of at least 4 members (excludes halogenated alkanes) is 38. The molecular weight excluding hydrogens is 1210 g/mol. The highest BCUT2D eigenvalue weighted by Crippen LogP contribution is 2.33. The monoisotopic (exact) mass is 1350 g/mol. The molecule has 12 N–H and O–H groups in total. The third-order valence-electron chi connectivity index (χ3n) is 19.1. The van der Waals surface area contributed by atoms with Crippen LogP contribution in [0.3, 0.4) is 0 Å². The molecule has 0 aromatic carbocycles. The van der Waals surface area contributed by atoms with Gasteiger partial charge in [-0.3, -0.25) is 4.79 Å². The van der Waals surface area contributed by atoms with Gasteiger partial charge in [0, 0.05) is 6.42 Å². The highest BCUT2D eigenvalue weighted by Gasteiger charge is 2.53. The molecule has 0 radical (unpaired) electrons. The third-order valence-corrected chi connectivity index (χ3v) is 19.1. The summed E-state index contributed by atoms with van der Waals surface area (Å²) < 4.78 is 34.4. The molecule has 1 amide bonds. The van der Waals surface area contributed by atoms with Gasteiger partial charge in [-0.05, 0) is 57.8 Å². The van der Waals surface area contributed by atoms with Crippen molar-refractivity contribution in [2.75, 3.05) is 26.4 Å². The van der Waals surface area contributed by atoms with Crippen LogP contribution in [-0.2, 0) is 33.2 Å². The van der Waals surface area contributed by atoms with Crippen LogP contribution in [0.5, 0.6) is 0 Å². The zero-order valence-corrected chi connectivity index (χ0v) is 59.2. The fourth-order valence-electron chi connectivity index (χ4n) is 12.9. The molecule has 3 fully saturated rings. The SMILES string of the molecule is CCCCC/C=C\C/C=C\C/C=C\CCCCCCCCC(=O)NC(COC1OC(CO)C(OC2OC(CO)C(OC3OC(CO)C(O)C(O)C3O)C(O)C2O)C(O)C1O)C(O)/C=C/CCCCCCCCCCCCCCCCCCCCCCCCCCCCCCC. The van der Waals surface area contributed by atoms with Crippen molar-refractivity contribution >= 4 is 5.91 Å². The first kappa shape index (κ1) is 87.0. The van der Waals surface area contributed by atoms with Crippen LogP contribution < -0.4 is 5.32 Å². The minimum atomic E-state index is -1.98. The van der Waals surface area contributed by atoms with Crippen molar-refractivity contribution in [1.29, 1.82) is 0 Å². The van der Waals surface area contributed by atoms with Crippen molar-refractivity contribution in [3.05, 3.63) is 48.6 Å². The highest BCUT2D eigenvalue weighted by atomic mass is 16.8. The Labute approximate surface area is 573 Å². The van der Waals surface area contributed by atoms with Gasteiger partial charge in [-0.15, -0.1) is 0 Å². The molecule has 3 aliphatic heterocycles. The van der Waals surface area contributed by atoms with E-state index in [-0.39, 0.29) is 18.9 Å². The first-order valence-corrected chi connectivity index (χ1v) is 38.4. The molecule has 19 heteroatoms. The molecule has 0 aromatic heterocycles. The van der Waals surface area contributed by atoms with Crippen molar-refractivity contribution in [3.8, 4) is 0 Å². The lowest BCUT2D eigenvalue weighted by Crippen LogP contribution is -2.66. The van der Waals surface area contributed by atoms with E-state index in [1.165, 1.54) is 186 Å². The Morgan fingerprint density at radius 1 is 0.379 bits per heavy atom. The second kappa shape index (κ2) is 57.4. The summed E-state index contributed by atoms with van der Waals surface area (Å²) in [6.45, 7) is 1.73. The normalized spacial score (nSPS) is 27.4. The minimum absolute atomic E-state index is 0.228. The van der Waals surface area contributed by atoms with Crippen molar-refractivity contribution in [3.63, 3.8) is 0 Å². The van der Waals surface area contributed by atoms with Crippen molar-refractivity contribution in [1.82, 2.24) is 5.32 Å². The van der Waals surface area contributed by atoms with E-state index in [0.717, 1.165) is 83.5 Å². The predicted octanol–water partition coefficient (Wildman–Crippen LogP) is 11.7. The summed E-state index contributed by atoms with van der Waals surface area (Å²) in [6.07, 6.45) is 43.8. The van der Waals surface area contributed by atoms with Crippen molar-refractivity contribution < 1.29 is 89.4 Å². The zero-order chi connectivity index (χ0) is 68.9. The van der Waals surface area contributed by atoms with Gasteiger partial charge in [0.15, 0.2) is 18.9 Å². The lowest BCUT2D eigenvalue weighted by molar-refractivity contribution is -0.379. The summed E-state index contributed by atoms with van der Waals surface area (Å²) in [5, 5.41) is 121. The lowest BCUT2D eigenvalue weighted by Gasteiger charge is -2.48. The largest absolute Gasteiger partial charge is 0.394 e. The topological polar surface area (TPSA) is 307 Å². The number of aliphatic hydroxyl groups excluding tert-OH is 11. The lowest BCUT2D eigenvalue weighted by atomic mass is 9.96. The number of hydrogen-bond donors (Lipinski definition) is 12. The number of ether oxygens (including phenoxy) is 6. The molecule has 0 spiro atoms. The Kier molecular flexibility index (Phi) is 52.5. The maximum Gasteiger partial charge on any atom is 0.220 e. The molecule has 3 saturated heterocycles. The Hall–Kier alpha value is -2.25. The van der Waals surface area contributed by atoms with Crippen LogP contribution in [0.25, 0.3) is 0 Å². The maximum atomic E-state index is 13.4. The number of rotatable bonds is 60. The number of amides is 1. The molecule has 0 aliphatic carbocycles. The Bertz CT molecular complexity index is 1910. The van der Waals surface area contributed by atoms with Crippen LogP contribution in [0, 0.1) is 0 Å².